The van der Waals surface area contributed by atoms with E-state index < -0.39 is 0 Å². The first-order valence-corrected chi connectivity index (χ1v) is 12.6. The average Bonchev–Trinajstić information content (AvgIpc) is 3.18. The van der Waals surface area contributed by atoms with Crippen LogP contribution in [0, 0.1) is 5.92 Å². The van der Waals surface area contributed by atoms with Crippen LogP contribution < -0.4 is 5.32 Å². The zero-order valence-electron chi connectivity index (χ0n) is 20.6. The highest BCUT2D eigenvalue weighted by Gasteiger charge is 2.26. The van der Waals surface area contributed by atoms with Crippen LogP contribution in [0.25, 0.3) is 21.9 Å². The van der Waals surface area contributed by atoms with E-state index in [-0.39, 0.29) is 17.7 Å². The summed E-state index contributed by atoms with van der Waals surface area (Å²) in [7, 11) is 0. The number of H-pyrrole nitrogens is 1. The molecule has 1 aliphatic heterocycles. The molecule has 3 heterocycles. The summed E-state index contributed by atoms with van der Waals surface area (Å²) in [5.74, 6) is 1.15. The number of aromatic nitrogens is 3. The summed E-state index contributed by atoms with van der Waals surface area (Å²) in [6.07, 6.45) is 3.28. The summed E-state index contributed by atoms with van der Waals surface area (Å²) in [5, 5.41) is 4.15. The third-order valence-electron chi connectivity index (χ3n) is 6.84. The number of amides is 2. The average molecular weight is 485 g/mol. The number of hydrogen-bond donors (Lipinski definition) is 2. The minimum atomic E-state index is -0.00652. The third-order valence-corrected chi connectivity index (χ3v) is 6.84. The number of aromatic amines is 1. The second-order valence-corrected chi connectivity index (χ2v) is 9.56. The lowest BCUT2D eigenvalue weighted by Gasteiger charge is -2.24. The number of carbonyl (C=O) groups excluding carboxylic acids is 2. The molecule has 2 aromatic heterocycles. The molecule has 4 aromatic rings. The van der Waals surface area contributed by atoms with Crippen molar-refractivity contribution in [1.29, 1.82) is 0 Å². The highest BCUT2D eigenvalue weighted by molar-refractivity contribution is 5.81. The fraction of sp³-hybridized carbons (Fsp3) is 0.357. The number of nitrogens with one attached hydrogen (secondary N) is 2. The van der Waals surface area contributed by atoms with Gasteiger partial charge in [0.1, 0.15) is 5.82 Å². The summed E-state index contributed by atoms with van der Waals surface area (Å²) in [6, 6.07) is 18.2. The van der Waals surface area contributed by atoms with Crippen LogP contribution in [0.5, 0.6) is 0 Å². The number of fused-ring (bicyclic) bond motifs is 2. The maximum atomic E-state index is 12.8. The molecule has 1 saturated heterocycles. The third kappa shape index (κ3) is 5.71. The number of para-hydroxylation sites is 3. The molecule has 1 fully saturated rings. The molecule has 186 valence electrons. The first kappa shape index (κ1) is 23.9. The number of benzene rings is 2. The first-order chi connectivity index (χ1) is 17.5. The lowest BCUT2D eigenvalue weighted by molar-refractivity contribution is -0.129. The van der Waals surface area contributed by atoms with Gasteiger partial charge in [0.25, 0.3) is 0 Å². The standard InChI is InChI=1S/C28H32N6O2/c1-20(35)34-15-14-33(17-21(18-34)16-23-7-4-6-22-8-5-12-30-28(22)23)19-27(36)29-13-11-26-31-24-9-2-3-10-25(24)32-26/h2-10,12,21H,11,13-19H2,1H3,(H,29,36)(H,31,32)/t21-/m1/s1. The smallest absolute Gasteiger partial charge is 0.234 e. The van der Waals surface area contributed by atoms with E-state index in [1.165, 1.54) is 5.56 Å². The quantitative estimate of drug-likeness (QED) is 0.421. The van der Waals surface area contributed by atoms with E-state index in [0.717, 1.165) is 40.7 Å². The van der Waals surface area contributed by atoms with Gasteiger partial charge in [0, 0.05) is 57.7 Å². The van der Waals surface area contributed by atoms with Gasteiger partial charge in [0.2, 0.25) is 11.8 Å². The van der Waals surface area contributed by atoms with Gasteiger partial charge in [-0.1, -0.05) is 36.4 Å². The molecule has 2 N–H and O–H groups in total. The number of hydrogen-bond acceptors (Lipinski definition) is 5. The minimum absolute atomic E-state index is 0.00652. The van der Waals surface area contributed by atoms with Gasteiger partial charge in [-0.25, -0.2) is 4.98 Å². The van der Waals surface area contributed by atoms with E-state index in [0.29, 0.717) is 39.1 Å². The van der Waals surface area contributed by atoms with Gasteiger partial charge in [0.15, 0.2) is 0 Å². The van der Waals surface area contributed by atoms with Crippen molar-refractivity contribution in [3.8, 4) is 0 Å². The van der Waals surface area contributed by atoms with Crippen LogP contribution in [0.4, 0.5) is 0 Å². The topological polar surface area (TPSA) is 94.2 Å². The normalized spacial score (nSPS) is 16.8. The molecule has 5 rings (SSSR count). The van der Waals surface area contributed by atoms with Gasteiger partial charge in [-0.2, -0.15) is 0 Å². The largest absolute Gasteiger partial charge is 0.355 e. The van der Waals surface area contributed by atoms with Crippen molar-refractivity contribution in [2.24, 2.45) is 5.92 Å². The zero-order chi connectivity index (χ0) is 24.9. The van der Waals surface area contributed by atoms with Crippen molar-refractivity contribution < 1.29 is 9.59 Å². The van der Waals surface area contributed by atoms with Crippen LogP contribution in [0.15, 0.2) is 60.8 Å². The molecule has 0 spiro atoms. The van der Waals surface area contributed by atoms with Gasteiger partial charge < -0.3 is 15.2 Å². The molecule has 1 atom stereocenters. The Balaban J connectivity index is 1.20. The number of imidazole rings is 1. The number of rotatable bonds is 7. The van der Waals surface area contributed by atoms with E-state index in [4.69, 9.17) is 0 Å². The predicted molar refractivity (Wildman–Crippen MR) is 140 cm³/mol. The van der Waals surface area contributed by atoms with Crippen molar-refractivity contribution in [3.63, 3.8) is 0 Å². The van der Waals surface area contributed by atoms with Crippen molar-refractivity contribution in [1.82, 2.24) is 30.1 Å². The fourth-order valence-electron chi connectivity index (χ4n) is 5.08. The molecule has 0 bridgehead atoms. The number of carbonyl (C=O) groups is 2. The van der Waals surface area contributed by atoms with Crippen LogP contribution in [0.3, 0.4) is 0 Å². The Morgan fingerprint density at radius 2 is 1.92 bits per heavy atom. The predicted octanol–water partition coefficient (Wildman–Crippen LogP) is 2.79. The van der Waals surface area contributed by atoms with Crippen molar-refractivity contribution >= 4 is 33.8 Å². The lowest BCUT2D eigenvalue weighted by atomic mass is 9.96. The van der Waals surface area contributed by atoms with Crippen LogP contribution in [-0.4, -0.2) is 75.8 Å². The Morgan fingerprint density at radius 3 is 2.78 bits per heavy atom. The van der Waals surface area contributed by atoms with E-state index in [9.17, 15) is 9.59 Å². The molecular weight excluding hydrogens is 452 g/mol. The molecule has 2 amide bonds. The molecule has 36 heavy (non-hydrogen) atoms. The van der Waals surface area contributed by atoms with Gasteiger partial charge in [-0.15, -0.1) is 0 Å². The Hall–Kier alpha value is -3.78. The maximum Gasteiger partial charge on any atom is 0.234 e. The summed E-state index contributed by atoms with van der Waals surface area (Å²) in [5.41, 5.74) is 4.13. The number of pyridine rings is 1. The van der Waals surface area contributed by atoms with E-state index in [1.807, 2.05) is 41.4 Å². The highest BCUT2D eigenvalue weighted by atomic mass is 16.2. The van der Waals surface area contributed by atoms with Gasteiger partial charge >= 0.3 is 0 Å². The van der Waals surface area contributed by atoms with Crippen LogP contribution in [-0.2, 0) is 22.4 Å². The first-order valence-electron chi connectivity index (χ1n) is 12.6. The minimum Gasteiger partial charge on any atom is -0.355 e. The Morgan fingerprint density at radius 1 is 1.06 bits per heavy atom. The monoisotopic (exact) mass is 484 g/mol. The molecule has 0 unspecified atom stereocenters. The van der Waals surface area contributed by atoms with Crippen molar-refractivity contribution in [3.05, 3.63) is 72.2 Å². The molecular formula is C28H32N6O2. The van der Waals surface area contributed by atoms with Gasteiger partial charge in [0.05, 0.1) is 23.1 Å². The summed E-state index contributed by atoms with van der Waals surface area (Å²) in [4.78, 5) is 41.6. The zero-order valence-corrected chi connectivity index (χ0v) is 20.6. The molecule has 1 aliphatic rings. The molecule has 2 aromatic carbocycles. The van der Waals surface area contributed by atoms with E-state index in [1.54, 1.807) is 6.92 Å². The van der Waals surface area contributed by atoms with E-state index in [2.05, 4.69) is 49.4 Å². The molecule has 8 nitrogen and oxygen atoms in total. The SMILES string of the molecule is CC(=O)N1CCN(CC(=O)NCCc2nc3ccccc3[nH]2)C[C@@H](Cc2cccc3cccnc23)C1. The van der Waals surface area contributed by atoms with E-state index >= 15 is 0 Å². The lowest BCUT2D eigenvalue weighted by Crippen LogP contribution is -2.41. The van der Waals surface area contributed by atoms with Crippen molar-refractivity contribution in [2.75, 3.05) is 39.3 Å². The molecule has 0 aliphatic carbocycles. The van der Waals surface area contributed by atoms with Gasteiger partial charge in [-0.05, 0) is 36.1 Å². The Kier molecular flexibility index (Phi) is 7.23. The fourth-order valence-corrected chi connectivity index (χ4v) is 5.08. The van der Waals surface area contributed by atoms with Crippen molar-refractivity contribution in [2.45, 2.75) is 19.8 Å². The number of nitrogens with zero attached hydrogens (tertiary/aromatic N) is 4. The maximum absolute atomic E-state index is 12.8. The van der Waals surface area contributed by atoms with Crippen LogP contribution in [0.1, 0.15) is 18.3 Å². The Labute approximate surface area is 210 Å². The molecule has 0 radical (unpaired) electrons. The van der Waals surface area contributed by atoms with Crippen LogP contribution >= 0.6 is 0 Å². The van der Waals surface area contributed by atoms with Crippen LogP contribution in [0.2, 0.25) is 0 Å². The Bertz CT molecular complexity index is 1330. The summed E-state index contributed by atoms with van der Waals surface area (Å²) in [6.45, 7) is 5.21. The summed E-state index contributed by atoms with van der Waals surface area (Å²) >= 11 is 0. The van der Waals surface area contributed by atoms with Gasteiger partial charge in [-0.3, -0.25) is 19.5 Å². The second kappa shape index (κ2) is 10.9. The molecule has 0 saturated carbocycles. The summed E-state index contributed by atoms with van der Waals surface area (Å²) < 4.78 is 0. The molecule has 8 heteroatoms. The highest BCUT2D eigenvalue weighted by Crippen LogP contribution is 2.22. The second-order valence-electron chi connectivity index (χ2n) is 9.56.